The standard InChI is InChI=1S/C14H26O3/c15-11-7-4-2-1-3-5-8-12-16-14-10-6-9-13-17-14/h4,7,14-15H,1-3,5-6,8-13H2. The minimum Gasteiger partial charge on any atom is -0.392 e. The summed E-state index contributed by atoms with van der Waals surface area (Å²) < 4.78 is 11.2. The lowest BCUT2D eigenvalue weighted by Gasteiger charge is -2.22. The molecule has 0 aliphatic carbocycles. The molecule has 1 heterocycles. The molecule has 0 aromatic rings. The number of ether oxygens (including phenoxy) is 2. The molecule has 1 saturated heterocycles. The minimum atomic E-state index is 0.0660. The summed E-state index contributed by atoms with van der Waals surface area (Å²) in [6.45, 7) is 1.86. The highest BCUT2D eigenvalue weighted by Gasteiger charge is 2.12. The second-order valence-corrected chi connectivity index (χ2v) is 4.52. The first-order chi connectivity index (χ1) is 8.43. The number of hydrogen-bond donors (Lipinski definition) is 1. The zero-order chi connectivity index (χ0) is 12.2. The van der Waals surface area contributed by atoms with Gasteiger partial charge in [-0.15, -0.1) is 0 Å². The van der Waals surface area contributed by atoms with E-state index in [0.717, 1.165) is 32.5 Å². The minimum absolute atomic E-state index is 0.0660. The highest BCUT2D eigenvalue weighted by atomic mass is 16.7. The number of rotatable bonds is 9. The third kappa shape index (κ3) is 8.36. The molecule has 1 rings (SSSR count). The number of unbranched alkanes of at least 4 members (excludes halogenated alkanes) is 4. The summed E-state index contributed by atoms with van der Waals surface area (Å²) >= 11 is 0. The van der Waals surface area contributed by atoms with Crippen molar-refractivity contribution < 1.29 is 14.6 Å². The molecule has 0 aromatic heterocycles. The maximum atomic E-state index is 8.55. The van der Waals surface area contributed by atoms with Crippen LogP contribution < -0.4 is 0 Å². The van der Waals surface area contributed by atoms with Crippen molar-refractivity contribution in [3.8, 4) is 0 Å². The Labute approximate surface area is 105 Å². The van der Waals surface area contributed by atoms with Gasteiger partial charge in [-0.2, -0.15) is 0 Å². The van der Waals surface area contributed by atoms with Gasteiger partial charge in [0.25, 0.3) is 0 Å². The fourth-order valence-electron chi connectivity index (χ4n) is 1.97. The molecule has 1 aliphatic heterocycles. The summed E-state index contributed by atoms with van der Waals surface area (Å²) in [5.41, 5.74) is 0. The molecule has 0 saturated carbocycles. The Balaban J connectivity index is 1.79. The molecule has 1 unspecified atom stereocenters. The lowest BCUT2D eigenvalue weighted by molar-refractivity contribution is -0.162. The van der Waals surface area contributed by atoms with Crippen molar-refractivity contribution in [3.05, 3.63) is 12.2 Å². The van der Waals surface area contributed by atoms with E-state index >= 15 is 0 Å². The van der Waals surface area contributed by atoms with Crippen molar-refractivity contribution in [2.75, 3.05) is 19.8 Å². The molecule has 0 aromatic carbocycles. The Bertz CT molecular complexity index is 186. The van der Waals surface area contributed by atoms with Crippen molar-refractivity contribution in [1.29, 1.82) is 0 Å². The van der Waals surface area contributed by atoms with E-state index in [0.29, 0.717) is 0 Å². The van der Waals surface area contributed by atoms with E-state index in [-0.39, 0.29) is 12.9 Å². The van der Waals surface area contributed by atoms with Gasteiger partial charge in [-0.1, -0.05) is 25.0 Å². The molecule has 1 aliphatic rings. The van der Waals surface area contributed by atoms with Crippen LogP contribution in [0.4, 0.5) is 0 Å². The smallest absolute Gasteiger partial charge is 0.157 e. The molecular weight excluding hydrogens is 216 g/mol. The third-order valence-electron chi connectivity index (χ3n) is 2.98. The molecule has 3 nitrogen and oxygen atoms in total. The Morgan fingerprint density at radius 1 is 1.12 bits per heavy atom. The SMILES string of the molecule is OCC=CCCCCCCOC1CCCCO1. The molecule has 3 heteroatoms. The Hall–Kier alpha value is -0.380. The monoisotopic (exact) mass is 242 g/mol. The summed E-state index contributed by atoms with van der Waals surface area (Å²) in [7, 11) is 0. The first-order valence-electron chi connectivity index (χ1n) is 6.92. The Kier molecular flexibility index (Phi) is 9.29. The van der Waals surface area contributed by atoms with Gasteiger partial charge in [0.2, 0.25) is 0 Å². The van der Waals surface area contributed by atoms with Crippen LogP contribution >= 0.6 is 0 Å². The van der Waals surface area contributed by atoms with E-state index < -0.39 is 0 Å². The van der Waals surface area contributed by atoms with Gasteiger partial charge in [0.05, 0.1) is 6.61 Å². The quantitative estimate of drug-likeness (QED) is 0.499. The maximum absolute atomic E-state index is 8.55. The lowest BCUT2D eigenvalue weighted by atomic mass is 10.1. The second-order valence-electron chi connectivity index (χ2n) is 4.52. The van der Waals surface area contributed by atoms with E-state index in [1.54, 1.807) is 0 Å². The molecule has 0 bridgehead atoms. The molecule has 1 N–H and O–H groups in total. The van der Waals surface area contributed by atoms with Crippen LogP contribution in [0.5, 0.6) is 0 Å². The second kappa shape index (κ2) is 10.8. The van der Waals surface area contributed by atoms with Crippen molar-refractivity contribution in [1.82, 2.24) is 0 Å². The number of aliphatic hydroxyl groups is 1. The first kappa shape index (κ1) is 14.7. The average Bonchev–Trinajstić information content (AvgIpc) is 2.38. The maximum Gasteiger partial charge on any atom is 0.157 e. The predicted octanol–water partition coefficient (Wildman–Crippen LogP) is 3.03. The van der Waals surface area contributed by atoms with E-state index in [1.807, 2.05) is 12.2 Å². The van der Waals surface area contributed by atoms with Crippen molar-refractivity contribution in [2.24, 2.45) is 0 Å². The van der Waals surface area contributed by atoms with Crippen LogP contribution in [0.2, 0.25) is 0 Å². The van der Waals surface area contributed by atoms with Gasteiger partial charge >= 0.3 is 0 Å². The van der Waals surface area contributed by atoms with Gasteiger partial charge < -0.3 is 14.6 Å². The van der Waals surface area contributed by atoms with Crippen molar-refractivity contribution >= 4 is 0 Å². The average molecular weight is 242 g/mol. The zero-order valence-corrected chi connectivity index (χ0v) is 10.8. The van der Waals surface area contributed by atoms with Crippen molar-refractivity contribution in [2.45, 2.75) is 57.7 Å². The van der Waals surface area contributed by atoms with Gasteiger partial charge in [-0.25, -0.2) is 0 Å². The highest BCUT2D eigenvalue weighted by Crippen LogP contribution is 2.14. The summed E-state index contributed by atoms with van der Waals surface area (Å²) in [4.78, 5) is 0. The van der Waals surface area contributed by atoms with Gasteiger partial charge in [-0.05, 0) is 38.5 Å². The van der Waals surface area contributed by atoms with Gasteiger partial charge in [0.1, 0.15) is 0 Å². The molecule has 0 amide bonds. The zero-order valence-electron chi connectivity index (χ0n) is 10.8. The topological polar surface area (TPSA) is 38.7 Å². The van der Waals surface area contributed by atoms with E-state index in [1.165, 1.54) is 32.1 Å². The van der Waals surface area contributed by atoms with E-state index in [4.69, 9.17) is 14.6 Å². The third-order valence-corrected chi connectivity index (χ3v) is 2.98. The van der Waals surface area contributed by atoms with Crippen LogP contribution in [0.3, 0.4) is 0 Å². The molecule has 1 atom stereocenters. The normalized spacial score (nSPS) is 21.1. The Morgan fingerprint density at radius 3 is 2.76 bits per heavy atom. The Morgan fingerprint density at radius 2 is 2.00 bits per heavy atom. The fraction of sp³-hybridized carbons (Fsp3) is 0.857. The molecule has 1 fully saturated rings. The van der Waals surface area contributed by atoms with E-state index in [2.05, 4.69) is 0 Å². The van der Waals surface area contributed by atoms with Crippen LogP contribution in [-0.2, 0) is 9.47 Å². The van der Waals surface area contributed by atoms with Gasteiger partial charge in [-0.3, -0.25) is 0 Å². The number of hydrogen-bond acceptors (Lipinski definition) is 3. The van der Waals surface area contributed by atoms with E-state index in [9.17, 15) is 0 Å². The van der Waals surface area contributed by atoms with Crippen LogP contribution in [0.15, 0.2) is 12.2 Å². The largest absolute Gasteiger partial charge is 0.392 e. The summed E-state index contributed by atoms with van der Waals surface area (Å²) in [5, 5.41) is 8.55. The molecule has 100 valence electrons. The van der Waals surface area contributed by atoms with Crippen molar-refractivity contribution in [3.63, 3.8) is 0 Å². The highest BCUT2D eigenvalue weighted by molar-refractivity contribution is 4.80. The van der Waals surface area contributed by atoms with Crippen LogP contribution in [0.25, 0.3) is 0 Å². The summed E-state index contributed by atoms with van der Waals surface area (Å²) in [6, 6.07) is 0. The van der Waals surface area contributed by atoms with Crippen LogP contribution in [0, 0.1) is 0 Å². The molecule has 0 spiro atoms. The predicted molar refractivity (Wildman–Crippen MR) is 68.9 cm³/mol. The van der Waals surface area contributed by atoms with Gasteiger partial charge in [0.15, 0.2) is 6.29 Å². The first-order valence-corrected chi connectivity index (χ1v) is 6.92. The molecule has 0 radical (unpaired) electrons. The molecular formula is C14H26O3. The number of allylic oxidation sites excluding steroid dienone is 1. The van der Waals surface area contributed by atoms with Crippen LogP contribution in [0.1, 0.15) is 51.4 Å². The van der Waals surface area contributed by atoms with Crippen LogP contribution in [-0.4, -0.2) is 31.2 Å². The summed E-state index contributed by atoms with van der Waals surface area (Å²) in [6.07, 6.45) is 13.3. The number of aliphatic hydroxyl groups excluding tert-OH is 1. The fourth-order valence-corrected chi connectivity index (χ4v) is 1.97. The summed E-state index contributed by atoms with van der Waals surface area (Å²) in [5.74, 6) is 0. The lowest BCUT2D eigenvalue weighted by Crippen LogP contribution is -2.22. The van der Waals surface area contributed by atoms with Gasteiger partial charge in [0, 0.05) is 13.2 Å². The molecule has 17 heavy (non-hydrogen) atoms.